The molecule has 7 heteroatoms. The molecule has 0 aliphatic rings. The first-order chi connectivity index (χ1) is 9.52. The zero-order valence-electron chi connectivity index (χ0n) is 11.7. The summed E-state index contributed by atoms with van der Waals surface area (Å²) in [6.45, 7) is 7.28. The number of hydrogen-bond donors (Lipinski definition) is 1. The van der Waals surface area contributed by atoms with Crippen molar-refractivity contribution < 1.29 is 0 Å². The molecule has 2 aromatic rings. The first-order valence-corrected chi connectivity index (χ1v) is 8.99. The number of likely N-dealkylation sites (N-methyl/N-ethyl adjacent to an activating group) is 1. The molecule has 20 heavy (non-hydrogen) atoms. The largest absolute Gasteiger partial charge is 0.310 e. The van der Waals surface area contributed by atoms with Crippen LogP contribution in [0.1, 0.15) is 44.2 Å². The highest BCUT2D eigenvalue weighted by molar-refractivity contribution is 9.12. The highest BCUT2D eigenvalue weighted by Crippen LogP contribution is 2.36. The van der Waals surface area contributed by atoms with Crippen LogP contribution in [0.5, 0.6) is 0 Å². The fourth-order valence-electron chi connectivity index (χ4n) is 2.16. The van der Waals surface area contributed by atoms with Crippen LogP contribution in [0.25, 0.3) is 0 Å². The van der Waals surface area contributed by atoms with Gasteiger partial charge in [0.15, 0.2) is 0 Å². The van der Waals surface area contributed by atoms with Crippen LogP contribution in [0.15, 0.2) is 20.0 Å². The molecule has 0 aliphatic carbocycles. The monoisotopic (exact) mass is 420 g/mol. The van der Waals surface area contributed by atoms with Crippen LogP contribution in [-0.2, 0) is 6.42 Å². The summed E-state index contributed by atoms with van der Waals surface area (Å²) >= 11 is 8.89. The van der Waals surface area contributed by atoms with Crippen LogP contribution in [0.2, 0.25) is 0 Å². The van der Waals surface area contributed by atoms with Gasteiger partial charge in [-0.3, -0.25) is 0 Å². The summed E-state index contributed by atoms with van der Waals surface area (Å²) in [5.41, 5.74) is 1.27. The minimum atomic E-state index is 0.235. The second-order valence-corrected chi connectivity index (χ2v) is 8.56. The molecule has 2 heterocycles. The van der Waals surface area contributed by atoms with Crippen molar-refractivity contribution in [1.29, 1.82) is 0 Å². The molecular weight excluding hydrogens is 404 g/mol. The predicted molar refractivity (Wildman–Crippen MR) is 90.2 cm³/mol. The quantitative estimate of drug-likeness (QED) is 0.754. The first-order valence-electron chi connectivity index (χ1n) is 6.59. The van der Waals surface area contributed by atoms with Crippen molar-refractivity contribution in [2.45, 2.75) is 39.3 Å². The summed E-state index contributed by atoms with van der Waals surface area (Å²) in [6.07, 6.45) is 2.46. The number of nitrogens with one attached hydrogen (secondary N) is 1. The SMILES string of the molecule is CCNC(Cc1ncnn1C(C)C)c1cc(Br)sc1Br. The van der Waals surface area contributed by atoms with E-state index in [9.17, 15) is 0 Å². The van der Waals surface area contributed by atoms with Gasteiger partial charge >= 0.3 is 0 Å². The van der Waals surface area contributed by atoms with Gasteiger partial charge in [0.25, 0.3) is 0 Å². The van der Waals surface area contributed by atoms with Crippen molar-refractivity contribution in [3.05, 3.63) is 31.4 Å². The van der Waals surface area contributed by atoms with E-state index in [4.69, 9.17) is 0 Å². The Morgan fingerprint density at radius 3 is 2.70 bits per heavy atom. The molecule has 1 unspecified atom stereocenters. The fraction of sp³-hybridized carbons (Fsp3) is 0.538. The van der Waals surface area contributed by atoms with Gasteiger partial charge in [-0.25, -0.2) is 9.67 Å². The Labute approximate surface area is 140 Å². The maximum Gasteiger partial charge on any atom is 0.138 e. The van der Waals surface area contributed by atoms with Crippen molar-refractivity contribution in [2.75, 3.05) is 6.54 Å². The van der Waals surface area contributed by atoms with Gasteiger partial charge in [-0.1, -0.05) is 6.92 Å². The molecular formula is C13H18Br2N4S. The van der Waals surface area contributed by atoms with Crippen molar-refractivity contribution in [3.63, 3.8) is 0 Å². The van der Waals surface area contributed by atoms with Crippen molar-refractivity contribution in [3.8, 4) is 0 Å². The number of rotatable bonds is 6. The molecule has 2 aromatic heterocycles. The van der Waals surface area contributed by atoms with Crippen LogP contribution >= 0.6 is 43.2 Å². The van der Waals surface area contributed by atoms with Gasteiger partial charge in [-0.05, 0) is 63.9 Å². The molecule has 0 spiro atoms. The van der Waals surface area contributed by atoms with Crippen molar-refractivity contribution >= 4 is 43.2 Å². The molecule has 0 aromatic carbocycles. The van der Waals surface area contributed by atoms with Crippen molar-refractivity contribution in [1.82, 2.24) is 20.1 Å². The second-order valence-electron chi connectivity index (χ2n) is 4.81. The van der Waals surface area contributed by atoms with E-state index in [0.717, 1.165) is 26.4 Å². The Morgan fingerprint density at radius 2 is 2.15 bits per heavy atom. The standard InChI is InChI=1S/C13H18Br2N4S/c1-4-16-10(9-5-11(14)20-13(9)15)6-12-17-7-18-19(12)8(2)3/h5,7-8,10,16H,4,6H2,1-3H3. The lowest BCUT2D eigenvalue weighted by Crippen LogP contribution is -2.24. The molecule has 0 saturated heterocycles. The highest BCUT2D eigenvalue weighted by Gasteiger charge is 2.20. The summed E-state index contributed by atoms with van der Waals surface area (Å²) < 4.78 is 4.28. The highest BCUT2D eigenvalue weighted by atomic mass is 79.9. The Hall–Kier alpha value is -0.240. The summed E-state index contributed by atoms with van der Waals surface area (Å²) in [4.78, 5) is 4.41. The summed E-state index contributed by atoms with van der Waals surface area (Å²) in [6, 6.07) is 2.73. The third-order valence-electron chi connectivity index (χ3n) is 3.03. The summed E-state index contributed by atoms with van der Waals surface area (Å²) in [5.74, 6) is 1.01. The smallest absolute Gasteiger partial charge is 0.138 e. The molecule has 2 rings (SSSR count). The lowest BCUT2D eigenvalue weighted by molar-refractivity contribution is 0.468. The summed E-state index contributed by atoms with van der Waals surface area (Å²) in [7, 11) is 0. The molecule has 1 N–H and O–H groups in total. The van der Waals surface area contributed by atoms with Gasteiger partial charge in [0.1, 0.15) is 12.2 Å². The molecule has 0 bridgehead atoms. The van der Waals surface area contributed by atoms with Crippen LogP contribution in [0.4, 0.5) is 0 Å². The van der Waals surface area contributed by atoms with Gasteiger partial charge < -0.3 is 5.32 Å². The lowest BCUT2D eigenvalue weighted by Gasteiger charge is -2.18. The Morgan fingerprint density at radius 1 is 1.40 bits per heavy atom. The molecule has 0 saturated carbocycles. The molecule has 0 radical (unpaired) electrons. The average Bonchev–Trinajstić information content (AvgIpc) is 2.95. The molecule has 110 valence electrons. The molecule has 0 fully saturated rings. The van der Waals surface area contributed by atoms with E-state index in [2.05, 4.69) is 74.1 Å². The van der Waals surface area contributed by atoms with E-state index in [1.54, 1.807) is 17.7 Å². The number of thiophene rings is 1. The van der Waals surface area contributed by atoms with E-state index in [0.29, 0.717) is 6.04 Å². The molecule has 0 amide bonds. The Balaban J connectivity index is 2.25. The Kier molecular flexibility index (Phi) is 5.77. The minimum absolute atomic E-state index is 0.235. The van der Waals surface area contributed by atoms with Gasteiger partial charge in [0.2, 0.25) is 0 Å². The number of halogens is 2. The van der Waals surface area contributed by atoms with Crippen LogP contribution in [-0.4, -0.2) is 21.3 Å². The van der Waals surface area contributed by atoms with Crippen LogP contribution in [0, 0.1) is 0 Å². The van der Waals surface area contributed by atoms with Crippen LogP contribution < -0.4 is 5.32 Å². The zero-order valence-corrected chi connectivity index (χ0v) is 15.7. The number of aromatic nitrogens is 3. The van der Waals surface area contributed by atoms with E-state index in [1.165, 1.54) is 5.56 Å². The van der Waals surface area contributed by atoms with Gasteiger partial charge in [0, 0.05) is 18.5 Å². The molecule has 0 aliphatic heterocycles. The number of hydrogen-bond acceptors (Lipinski definition) is 4. The maximum absolute atomic E-state index is 4.41. The van der Waals surface area contributed by atoms with E-state index in [1.807, 2.05) is 4.68 Å². The fourth-order valence-corrected chi connectivity index (χ4v) is 5.14. The van der Waals surface area contributed by atoms with Gasteiger partial charge in [-0.2, -0.15) is 5.10 Å². The average molecular weight is 422 g/mol. The normalized spacial score (nSPS) is 13.1. The van der Waals surface area contributed by atoms with Gasteiger partial charge in [-0.15, -0.1) is 11.3 Å². The van der Waals surface area contributed by atoms with Crippen LogP contribution in [0.3, 0.4) is 0 Å². The predicted octanol–water partition coefficient (Wildman–Crippen LogP) is 4.34. The zero-order chi connectivity index (χ0) is 14.7. The van der Waals surface area contributed by atoms with E-state index < -0.39 is 0 Å². The Bertz CT molecular complexity index is 564. The summed E-state index contributed by atoms with van der Waals surface area (Å²) in [5, 5.41) is 7.84. The minimum Gasteiger partial charge on any atom is -0.310 e. The maximum atomic E-state index is 4.41. The molecule has 1 atom stereocenters. The second kappa shape index (κ2) is 7.15. The first kappa shape index (κ1) is 16.1. The van der Waals surface area contributed by atoms with Crippen molar-refractivity contribution in [2.24, 2.45) is 0 Å². The van der Waals surface area contributed by atoms with Gasteiger partial charge in [0.05, 0.1) is 7.57 Å². The lowest BCUT2D eigenvalue weighted by atomic mass is 10.1. The number of nitrogens with zero attached hydrogens (tertiary/aromatic N) is 3. The topological polar surface area (TPSA) is 42.7 Å². The molecule has 4 nitrogen and oxygen atoms in total. The third-order valence-corrected chi connectivity index (χ3v) is 5.42. The van der Waals surface area contributed by atoms with E-state index >= 15 is 0 Å². The van der Waals surface area contributed by atoms with E-state index in [-0.39, 0.29) is 6.04 Å². The third kappa shape index (κ3) is 3.69.